The molecule has 0 bridgehead atoms. The van der Waals surface area contributed by atoms with Crippen molar-refractivity contribution in [2.45, 2.75) is 20.0 Å². The predicted molar refractivity (Wildman–Crippen MR) is 74.2 cm³/mol. The fraction of sp³-hybridized carbons (Fsp3) is 0. The highest BCUT2D eigenvalue weighted by atomic mass is 35.7. The maximum absolute atomic E-state index is 5.70. The van der Waals surface area contributed by atoms with Crippen LogP contribution in [-0.2, 0) is 0 Å². The molecule has 0 aliphatic rings. The first-order chi connectivity index (χ1) is 7.28. The summed E-state index contributed by atoms with van der Waals surface area (Å²) < 4.78 is 5.47. The van der Waals surface area contributed by atoms with Gasteiger partial charge in [-0.15, -0.1) is 0 Å². The van der Waals surface area contributed by atoms with Crippen LogP contribution in [0.25, 0.3) is 0 Å². The van der Waals surface area contributed by atoms with E-state index in [-0.39, 0.29) is 0 Å². The largest absolute Gasteiger partial charge is 0.439 e. The first-order valence-electron chi connectivity index (χ1n) is 3.57. The summed E-state index contributed by atoms with van der Waals surface area (Å²) in [6.45, 7) is 7.32. The average Bonchev–Trinajstić information content (AvgIpc) is 2.58. The van der Waals surface area contributed by atoms with Crippen molar-refractivity contribution in [3.63, 3.8) is 0 Å². The SMILES string of the molecule is C=CSc1c(SCl)oc(SCl)c1SC=C. The van der Waals surface area contributed by atoms with Gasteiger partial charge >= 0.3 is 0 Å². The van der Waals surface area contributed by atoms with Gasteiger partial charge in [0.05, 0.1) is 9.79 Å². The molecule has 1 aromatic heterocycles. The van der Waals surface area contributed by atoms with Gasteiger partial charge in [0.25, 0.3) is 0 Å². The van der Waals surface area contributed by atoms with Crippen LogP contribution in [0.3, 0.4) is 0 Å². The third-order valence-corrected chi connectivity index (χ3v) is 4.97. The minimum atomic E-state index is 0.633. The Morgan fingerprint density at radius 1 is 0.933 bits per heavy atom. The Morgan fingerprint density at radius 2 is 1.33 bits per heavy atom. The zero-order valence-corrected chi connectivity index (χ0v) is 12.1. The zero-order chi connectivity index (χ0) is 11.3. The smallest absolute Gasteiger partial charge is 0.192 e. The molecule has 82 valence electrons. The molecule has 0 unspecified atom stereocenters. The van der Waals surface area contributed by atoms with E-state index in [1.807, 2.05) is 0 Å². The van der Waals surface area contributed by atoms with Crippen LogP contribution >= 0.6 is 66.8 Å². The maximum atomic E-state index is 5.70. The minimum Gasteiger partial charge on any atom is -0.439 e. The van der Waals surface area contributed by atoms with Gasteiger partial charge in [-0.1, -0.05) is 36.7 Å². The molecule has 0 atom stereocenters. The lowest BCUT2D eigenvalue weighted by Crippen LogP contribution is -1.70. The Morgan fingerprint density at radius 3 is 1.60 bits per heavy atom. The second-order valence-corrected chi connectivity index (χ2v) is 5.99. The van der Waals surface area contributed by atoms with Crippen molar-refractivity contribution in [2.75, 3.05) is 0 Å². The average molecular weight is 317 g/mol. The lowest BCUT2D eigenvalue weighted by atomic mass is 10.6. The minimum absolute atomic E-state index is 0.633. The molecular weight excluding hydrogens is 311 g/mol. The Labute approximate surface area is 114 Å². The molecule has 15 heavy (non-hydrogen) atoms. The van der Waals surface area contributed by atoms with Gasteiger partial charge in [0.2, 0.25) is 0 Å². The summed E-state index contributed by atoms with van der Waals surface area (Å²) in [4.78, 5) is 1.86. The highest BCUT2D eigenvalue weighted by Gasteiger charge is 2.20. The first-order valence-corrected chi connectivity index (χ1v) is 8.62. The number of furan rings is 1. The van der Waals surface area contributed by atoms with Gasteiger partial charge in [-0.3, -0.25) is 0 Å². The Kier molecular flexibility index (Phi) is 6.57. The zero-order valence-electron chi connectivity index (χ0n) is 7.37. The van der Waals surface area contributed by atoms with Crippen molar-refractivity contribution in [2.24, 2.45) is 0 Å². The lowest BCUT2D eigenvalue weighted by Gasteiger charge is -1.97. The number of rotatable bonds is 6. The topological polar surface area (TPSA) is 13.1 Å². The van der Waals surface area contributed by atoms with Crippen molar-refractivity contribution in [1.82, 2.24) is 0 Å². The number of halogens is 2. The second kappa shape index (κ2) is 7.14. The van der Waals surface area contributed by atoms with Crippen LogP contribution in [0, 0.1) is 0 Å². The predicted octanol–water partition coefficient (Wildman–Crippen LogP) is 6.24. The van der Waals surface area contributed by atoms with Crippen molar-refractivity contribution in [3.05, 3.63) is 24.0 Å². The summed E-state index contributed by atoms with van der Waals surface area (Å²) in [5, 5.41) is 4.71. The molecule has 0 radical (unpaired) electrons. The van der Waals surface area contributed by atoms with Crippen LogP contribution < -0.4 is 0 Å². The molecule has 0 amide bonds. The van der Waals surface area contributed by atoms with E-state index in [9.17, 15) is 0 Å². The van der Waals surface area contributed by atoms with Crippen molar-refractivity contribution < 1.29 is 4.42 Å². The third-order valence-electron chi connectivity index (χ3n) is 1.30. The fourth-order valence-electron chi connectivity index (χ4n) is 0.834. The van der Waals surface area contributed by atoms with Crippen LogP contribution in [0.1, 0.15) is 0 Å². The summed E-state index contributed by atoms with van der Waals surface area (Å²) in [6, 6.07) is 0. The van der Waals surface area contributed by atoms with Crippen LogP contribution in [0.4, 0.5) is 0 Å². The molecule has 7 heteroatoms. The van der Waals surface area contributed by atoms with Gasteiger partial charge in [-0.25, -0.2) is 0 Å². The quantitative estimate of drug-likeness (QED) is 0.574. The Hall–Kier alpha value is 0.740. The van der Waals surface area contributed by atoms with Crippen molar-refractivity contribution in [1.29, 1.82) is 0 Å². The highest BCUT2D eigenvalue weighted by Crippen LogP contribution is 2.48. The number of hydrogen-bond acceptors (Lipinski definition) is 5. The number of hydrogen-bond donors (Lipinski definition) is 0. The molecular formula is C8H6Cl2OS4. The standard InChI is InChI=1S/C8H6Cl2OS4/c1-3-12-5-6(13-4-2)8(15-10)11-7(5)14-9/h3-4H,1-2H2. The van der Waals surface area contributed by atoms with E-state index in [1.165, 1.54) is 23.5 Å². The van der Waals surface area contributed by atoms with Crippen LogP contribution in [0.15, 0.2) is 48.4 Å². The van der Waals surface area contributed by atoms with Gasteiger partial charge in [0.1, 0.15) is 0 Å². The summed E-state index contributed by atoms with van der Waals surface area (Å²) in [5.74, 6) is 0. The molecule has 0 saturated heterocycles. The Bertz CT molecular complexity index is 331. The van der Waals surface area contributed by atoms with Crippen LogP contribution in [-0.4, -0.2) is 0 Å². The molecule has 0 aliphatic heterocycles. The molecule has 1 nitrogen and oxygen atoms in total. The molecule has 1 heterocycles. The van der Waals surface area contributed by atoms with Gasteiger partial charge in [-0.2, -0.15) is 0 Å². The molecule has 0 spiro atoms. The summed E-state index contributed by atoms with van der Waals surface area (Å²) in [7, 11) is 13.5. The monoisotopic (exact) mass is 316 g/mol. The van der Waals surface area contributed by atoms with E-state index in [0.717, 1.165) is 31.7 Å². The lowest BCUT2D eigenvalue weighted by molar-refractivity contribution is 0.386. The fourth-order valence-corrected chi connectivity index (χ4v) is 4.35. The Balaban J connectivity index is 3.20. The molecule has 0 aromatic carbocycles. The normalized spacial score (nSPS) is 10.3. The van der Waals surface area contributed by atoms with Crippen LogP contribution in [0.2, 0.25) is 0 Å². The van der Waals surface area contributed by atoms with Crippen LogP contribution in [0.5, 0.6) is 0 Å². The van der Waals surface area contributed by atoms with E-state index in [2.05, 4.69) is 13.2 Å². The van der Waals surface area contributed by atoms with E-state index in [1.54, 1.807) is 10.8 Å². The summed E-state index contributed by atoms with van der Waals surface area (Å²) in [6.07, 6.45) is 0. The molecule has 1 aromatic rings. The van der Waals surface area contributed by atoms with E-state index in [4.69, 9.17) is 25.8 Å². The molecule has 0 saturated carbocycles. The van der Waals surface area contributed by atoms with Gasteiger partial charge < -0.3 is 4.42 Å². The highest BCUT2D eigenvalue weighted by molar-refractivity contribution is 8.22. The number of thioether (sulfide) groups is 2. The van der Waals surface area contributed by atoms with Gasteiger partial charge in [0, 0.05) is 22.0 Å². The van der Waals surface area contributed by atoms with Gasteiger partial charge in [0.15, 0.2) is 10.2 Å². The first kappa shape index (κ1) is 13.8. The summed E-state index contributed by atoms with van der Waals surface area (Å²) >= 11 is 2.91. The second-order valence-electron chi connectivity index (χ2n) is 2.06. The van der Waals surface area contributed by atoms with Crippen molar-refractivity contribution in [3.8, 4) is 0 Å². The summed E-state index contributed by atoms with van der Waals surface area (Å²) in [5.41, 5.74) is 0. The molecule has 1 rings (SSSR count). The van der Waals surface area contributed by atoms with Gasteiger partial charge in [-0.05, 0) is 32.2 Å². The third kappa shape index (κ3) is 3.35. The molecule has 0 aliphatic carbocycles. The van der Waals surface area contributed by atoms with E-state index in [0.29, 0.717) is 10.2 Å². The molecule has 0 N–H and O–H groups in total. The van der Waals surface area contributed by atoms with Crippen molar-refractivity contribution >= 4 is 66.8 Å². The molecule has 0 fully saturated rings. The maximum Gasteiger partial charge on any atom is 0.192 e. The van der Waals surface area contributed by atoms with E-state index >= 15 is 0 Å². The van der Waals surface area contributed by atoms with E-state index < -0.39 is 0 Å².